The van der Waals surface area contributed by atoms with Gasteiger partial charge >= 0.3 is 0 Å². The fraction of sp³-hybridized carbons (Fsp3) is 0.333. The first-order valence-electron chi connectivity index (χ1n) is 4.21. The summed E-state index contributed by atoms with van der Waals surface area (Å²) in [5, 5.41) is 10.4. The van der Waals surface area contributed by atoms with Crippen LogP contribution >= 0.6 is 0 Å². The number of nitrogens with zero attached hydrogens (tertiary/aromatic N) is 1. The second kappa shape index (κ2) is 3.98. The molecule has 0 heterocycles. The minimum Gasteiger partial charge on any atom is -0.258 e. The summed E-state index contributed by atoms with van der Waals surface area (Å²) in [5.41, 5.74) is 1.20. The molecule has 0 saturated carbocycles. The van der Waals surface area contributed by atoms with Crippen LogP contribution in [-0.4, -0.2) is 19.6 Å². The lowest BCUT2D eigenvalue weighted by atomic mass is 10.1. The Balaban J connectivity index is 3.09. The van der Waals surface area contributed by atoms with Gasteiger partial charge in [0.05, 0.1) is 10.7 Å². The zero-order valence-electron chi connectivity index (χ0n) is 8.43. The summed E-state index contributed by atoms with van der Waals surface area (Å²) in [5.74, 6) is -0.0865. The van der Waals surface area contributed by atoms with Crippen molar-refractivity contribution in [3.05, 3.63) is 39.4 Å². The fourth-order valence-electron chi connectivity index (χ4n) is 1.24. The number of sulfone groups is 1. The summed E-state index contributed by atoms with van der Waals surface area (Å²) in [6, 6.07) is 4.17. The normalized spacial score (nSPS) is 11.3. The SMILES string of the molecule is Cc1cc([N+](=O)[O-])ccc1CS(C)(=O)=O. The van der Waals surface area contributed by atoms with E-state index in [0.29, 0.717) is 11.1 Å². The molecule has 0 amide bonds. The highest BCUT2D eigenvalue weighted by Crippen LogP contribution is 2.18. The van der Waals surface area contributed by atoms with E-state index in [1.54, 1.807) is 6.92 Å². The van der Waals surface area contributed by atoms with E-state index >= 15 is 0 Å². The second-order valence-electron chi connectivity index (χ2n) is 3.44. The van der Waals surface area contributed by atoms with Crippen LogP contribution in [0.5, 0.6) is 0 Å². The molecule has 82 valence electrons. The summed E-state index contributed by atoms with van der Waals surface area (Å²) in [7, 11) is -3.10. The summed E-state index contributed by atoms with van der Waals surface area (Å²) < 4.78 is 22.1. The second-order valence-corrected chi connectivity index (χ2v) is 5.58. The Hall–Kier alpha value is -1.43. The third-order valence-corrected chi connectivity index (χ3v) is 2.79. The number of nitro groups is 1. The molecule has 0 saturated heterocycles. The zero-order chi connectivity index (χ0) is 11.6. The Morgan fingerprint density at radius 1 is 1.40 bits per heavy atom. The van der Waals surface area contributed by atoms with E-state index < -0.39 is 14.8 Å². The van der Waals surface area contributed by atoms with E-state index in [1.807, 2.05) is 0 Å². The van der Waals surface area contributed by atoms with Crippen LogP contribution in [0.2, 0.25) is 0 Å². The highest BCUT2D eigenvalue weighted by Gasteiger charge is 2.11. The lowest BCUT2D eigenvalue weighted by Gasteiger charge is -2.03. The van der Waals surface area contributed by atoms with Gasteiger partial charge < -0.3 is 0 Å². The van der Waals surface area contributed by atoms with Gasteiger partial charge in [-0.3, -0.25) is 10.1 Å². The lowest BCUT2D eigenvalue weighted by molar-refractivity contribution is -0.384. The van der Waals surface area contributed by atoms with Crippen molar-refractivity contribution in [1.29, 1.82) is 0 Å². The van der Waals surface area contributed by atoms with Crippen LogP contribution in [0.25, 0.3) is 0 Å². The van der Waals surface area contributed by atoms with Gasteiger partial charge in [0.2, 0.25) is 0 Å². The molecule has 1 aromatic rings. The molecule has 0 unspecified atom stereocenters. The largest absolute Gasteiger partial charge is 0.269 e. The number of benzene rings is 1. The number of nitro benzene ring substituents is 1. The van der Waals surface area contributed by atoms with Gasteiger partial charge in [-0.15, -0.1) is 0 Å². The highest BCUT2D eigenvalue weighted by molar-refractivity contribution is 7.89. The van der Waals surface area contributed by atoms with Crippen LogP contribution in [0.1, 0.15) is 11.1 Å². The molecule has 0 bridgehead atoms. The van der Waals surface area contributed by atoms with Crippen molar-refractivity contribution < 1.29 is 13.3 Å². The Bertz CT molecular complexity index is 493. The van der Waals surface area contributed by atoms with Gasteiger partial charge in [-0.2, -0.15) is 0 Å². The zero-order valence-corrected chi connectivity index (χ0v) is 9.24. The Labute approximate surface area is 87.8 Å². The third-order valence-electron chi connectivity index (χ3n) is 1.95. The maximum atomic E-state index is 11.0. The Kier molecular flexibility index (Phi) is 3.09. The molecule has 5 nitrogen and oxygen atoms in total. The quantitative estimate of drug-likeness (QED) is 0.580. The molecule has 15 heavy (non-hydrogen) atoms. The van der Waals surface area contributed by atoms with Crippen LogP contribution in [0.15, 0.2) is 18.2 Å². The van der Waals surface area contributed by atoms with Gasteiger partial charge in [0, 0.05) is 18.4 Å². The van der Waals surface area contributed by atoms with Crippen LogP contribution < -0.4 is 0 Å². The summed E-state index contributed by atoms with van der Waals surface area (Å²) in [6.45, 7) is 1.66. The molecule has 0 radical (unpaired) electrons. The predicted molar refractivity (Wildman–Crippen MR) is 56.4 cm³/mol. The average molecular weight is 229 g/mol. The molecule has 0 aliphatic heterocycles. The van der Waals surface area contributed by atoms with Crippen LogP contribution in [0, 0.1) is 17.0 Å². The number of rotatable bonds is 3. The third kappa shape index (κ3) is 3.32. The van der Waals surface area contributed by atoms with Crippen molar-refractivity contribution in [2.45, 2.75) is 12.7 Å². The van der Waals surface area contributed by atoms with Gasteiger partial charge in [0.1, 0.15) is 0 Å². The first-order chi connectivity index (χ1) is 6.79. The Morgan fingerprint density at radius 2 is 2.00 bits per heavy atom. The summed E-state index contributed by atoms with van der Waals surface area (Å²) in [6.07, 6.45) is 1.13. The smallest absolute Gasteiger partial charge is 0.258 e. The molecule has 1 aromatic carbocycles. The fourth-order valence-corrected chi connectivity index (χ4v) is 2.13. The maximum Gasteiger partial charge on any atom is 0.269 e. The van der Waals surface area contributed by atoms with Gasteiger partial charge in [-0.1, -0.05) is 6.07 Å². The summed E-state index contributed by atoms with van der Waals surface area (Å²) in [4.78, 5) is 9.93. The highest BCUT2D eigenvalue weighted by atomic mass is 32.2. The molecule has 1 rings (SSSR count). The molecule has 0 aliphatic rings. The van der Waals surface area contributed by atoms with E-state index in [0.717, 1.165) is 6.26 Å². The van der Waals surface area contributed by atoms with E-state index in [4.69, 9.17) is 0 Å². The minimum absolute atomic E-state index is 0.0234. The Morgan fingerprint density at radius 3 is 2.40 bits per heavy atom. The van der Waals surface area contributed by atoms with Crippen molar-refractivity contribution in [1.82, 2.24) is 0 Å². The van der Waals surface area contributed by atoms with E-state index in [2.05, 4.69) is 0 Å². The summed E-state index contributed by atoms with van der Waals surface area (Å²) >= 11 is 0. The molecule has 0 N–H and O–H groups in total. The van der Waals surface area contributed by atoms with Gasteiger partial charge in [-0.25, -0.2) is 8.42 Å². The van der Waals surface area contributed by atoms with Gasteiger partial charge in [0.15, 0.2) is 9.84 Å². The number of hydrogen-bond acceptors (Lipinski definition) is 4. The average Bonchev–Trinajstić information content (AvgIpc) is 2.05. The molecule has 0 aliphatic carbocycles. The van der Waals surface area contributed by atoms with E-state index in [9.17, 15) is 18.5 Å². The monoisotopic (exact) mass is 229 g/mol. The number of aryl methyl sites for hydroxylation is 1. The molecule has 0 aromatic heterocycles. The van der Waals surface area contributed by atoms with Crippen molar-refractivity contribution in [2.24, 2.45) is 0 Å². The van der Waals surface area contributed by atoms with E-state index in [-0.39, 0.29) is 11.4 Å². The predicted octanol–water partition coefficient (Wildman–Crippen LogP) is 1.45. The number of hydrogen-bond donors (Lipinski definition) is 0. The first-order valence-corrected chi connectivity index (χ1v) is 6.27. The maximum absolute atomic E-state index is 11.0. The lowest BCUT2D eigenvalue weighted by Crippen LogP contribution is -2.02. The van der Waals surface area contributed by atoms with Crippen LogP contribution in [0.4, 0.5) is 5.69 Å². The van der Waals surface area contributed by atoms with Crippen LogP contribution in [0.3, 0.4) is 0 Å². The first kappa shape index (κ1) is 11.6. The van der Waals surface area contributed by atoms with Crippen molar-refractivity contribution in [2.75, 3.05) is 6.26 Å². The number of non-ortho nitro benzene ring substituents is 1. The van der Waals surface area contributed by atoms with E-state index in [1.165, 1.54) is 18.2 Å². The topological polar surface area (TPSA) is 77.3 Å². The molecule has 0 atom stereocenters. The van der Waals surface area contributed by atoms with Crippen molar-refractivity contribution >= 4 is 15.5 Å². The molecule has 0 spiro atoms. The molecular formula is C9H11NO4S. The molecule has 6 heteroatoms. The molecule has 0 fully saturated rings. The standard InChI is InChI=1S/C9H11NO4S/c1-7-5-9(10(11)12)4-3-8(7)6-15(2,13)14/h3-5H,6H2,1-2H3. The van der Waals surface area contributed by atoms with Gasteiger partial charge in [-0.05, 0) is 18.1 Å². The van der Waals surface area contributed by atoms with Crippen molar-refractivity contribution in [3.63, 3.8) is 0 Å². The van der Waals surface area contributed by atoms with Gasteiger partial charge in [0.25, 0.3) is 5.69 Å². The van der Waals surface area contributed by atoms with Crippen LogP contribution in [-0.2, 0) is 15.6 Å². The minimum atomic E-state index is -3.10. The van der Waals surface area contributed by atoms with Crippen molar-refractivity contribution in [3.8, 4) is 0 Å². The molecular weight excluding hydrogens is 218 g/mol.